The molecule has 5 rings (SSSR count). The third kappa shape index (κ3) is 7.32. The molecular weight excluding hydrogens is 530 g/mol. The molecule has 0 spiro atoms. The Morgan fingerprint density at radius 3 is 2.43 bits per heavy atom. The first-order chi connectivity index (χ1) is 20.5. The van der Waals surface area contributed by atoms with E-state index in [0.717, 1.165) is 47.9 Å². The monoisotopic (exact) mass is 565 g/mol. The van der Waals surface area contributed by atoms with Crippen LogP contribution in [0, 0.1) is 5.92 Å². The maximum Gasteiger partial charge on any atom is 0.330 e. The minimum atomic E-state index is -0.387. The Balaban J connectivity index is 1.27. The van der Waals surface area contributed by atoms with Gasteiger partial charge in [-0.05, 0) is 72.7 Å². The number of esters is 1. The molecule has 0 bridgehead atoms. The zero-order valence-electron chi connectivity index (χ0n) is 23.7. The highest BCUT2D eigenvalue weighted by Crippen LogP contribution is 2.38. The number of anilines is 1. The number of rotatable bonds is 10. The zero-order chi connectivity index (χ0) is 29.3. The number of benzene rings is 3. The normalized spacial score (nSPS) is 16.2. The van der Waals surface area contributed by atoms with Crippen molar-refractivity contribution in [1.82, 2.24) is 5.01 Å². The van der Waals surface area contributed by atoms with E-state index < -0.39 is 0 Å². The highest BCUT2D eigenvalue weighted by Gasteiger charge is 2.32. The van der Waals surface area contributed by atoms with Crippen molar-refractivity contribution in [2.24, 2.45) is 11.0 Å². The maximum atomic E-state index is 13.6. The molecule has 1 atom stereocenters. The Morgan fingerprint density at radius 1 is 1.02 bits per heavy atom. The number of nitrogens with zero attached hydrogens (tertiary/aromatic N) is 2. The van der Waals surface area contributed by atoms with Gasteiger partial charge in [0.15, 0.2) is 6.61 Å². The lowest BCUT2D eigenvalue weighted by molar-refractivity contribution is -0.137. The molecule has 0 saturated heterocycles. The molecule has 1 aliphatic carbocycles. The van der Waals surface area contributed by atoms with Gasteiger partial charge in [0, 0.05) is 17.3 Å². The minimum absolute atomic E-state index is 0.0371. The van der Waals surface area contributed by atoms with Gasteiger partial charge in [-0.25, -0.2) is 9.80 Å². The van der Waals surface area contributed by atoms with E-state index in [-0.39, 0.29) is 36.2 Å². The Morgan fingerprint density at radius 2 is 1.74 bits per heavy atom. The molecule has 216 valence electrons. The fraction of sp³-hybridized carbons (Fsp3) is 0.294. The van der Waals surface area contributed by atoms with Crippen molar-refractivity contribution in [1.29, 1.82) is 0 Å². The van der Waals surface area contributed by atoms with Gasteiger partial charge in [-0.2, -0.15) is 0 Å². The SMILES string of the molecule is CCOC(=O)C=Cc1ccc(NC(=O)C(c2ccc(CN3N=C(c4ccccc4)OCC3=O)cc2)C2CCCC2)cc1. The molecule has 2 aliphatic rings. The van der Waals surface area contributed by atoms with Gasteiger partial charge < -0.3 is 14.8 Å². The van der Waals surface area contributed by atoms with Crippen LogP contribution < -0.4 is 5.32 Å². The first-order valence-corrected chi connectivity index (χ1v) is 14.4. The molecule has 1 saturated carbocycles. The van der Waals surface area contributed by atoms with Crippen molar-refractivity contribution in [3.63, 3.8) is 0 Å². The standard InChI is InChI=1S/C34H35N3O5/c1-2-41-31(39)21-16-24-14-19-29(20-15-24)35-33(40)32(26-8-6-7-9-26)27-17-12-25(13-18-27)22-37-30(38)23-42-34(36-37)28-10-4-3-5-11-28/h3-5,10-21,26,32H,2,6-9,22-23H2,1H3,(H,35,40). The van der Waals surface area contributed by atoms with E-state index in [1.54, 1.807) is 13.0 Å². The van der Waals surface area contributed by atoms with Crippen LogP contribution in [-0.4, -0.2) is 41.9 Å². The topological polar surface area (TPSA) is 97.3 Å². The van der Waals surface area contributed by atoms with Gasteiger partial charge in [0.05, 0.1) is 19.1 Å². The predicted molar refractivity (Wildman–Crippen MR) is 161 cm³/mol. The van der Waals surface area contributed by atoms with E-state index in [1.165, 1.54) is 11.1 Å². The predicted octanol–water partition coefficient (Wildman–Crippen LogP) is 5.90. The molecule has 1 unspecified atom stereocenters. The van der Waals surface area contributed by atoms with Gasteiger partial charge >= 0.3 is 5.97 Å². The Kier molecular flexibility index (Phi) is 9.44. The molecule has 0 radical (unpaired) electrons. The number of carbonyl (C=O) groups is 3. The average molecular weight is 566 g/mol. The molecule has 1 heterocycles. The zero-order valence-corrected chi connectivity index (χ0v) is 23.7. The summed E-state index contributed by atoms with van der Waals surface area (Å²) in [6.45, 7) is 2.35. The van der Waals surface area contributed by atoms with Crippen LogP contribution in [-0.2, 0) is 30.4 Å². The van der Waals surface area contributed by atoms with E-state index in [0.29, 0.717) is 24.7 Å². The molecule has 42 heavy (non-hydrogen) atoms. The largest absolute Gasteiger partial charge is 0.466 e. The van der Waals surface area contributed by atoms with Crippen LogP contribution in [0.1, 0.15) is 60.8 Å². The number of amides is 2. The summed E-state index contributed by atoms with van der Waals surface area (Å²) in [6, 6.07) is 24.8. The van der Waals surface area contributed by atoms with Gasteiger partial charge in [0.25, 0.3) is 5.91 Å². The number of hydrogen-bond acceptors (Lipinski definition) is 6. The van der Waals surface area contributed by atoms with Gasteiger partial charge in [0.1, 0.15) is 0 Å². The van der Waals surface area contributed by atoms with Crippen LogP contribution >= 0.6 is 0 Å². The molecule has 1 aliphatic heterocycles. The molecule has 1 N–H and O–H groups in total. The van der Waals surface area contributed by atoms with Gasteiger partial charge in [-0.3, -0.25) is 9.59 Å². The smallest absolute Gasteiger partial charge is 0.330 e. The molecule has 3 aromatic carbocycles. The van der Waals surface area contributed by atoms with Crippen LogP contribution in [0.5, 0.6) is 0 Å². The number of ether oxygens (including phenoxy) is 2. The number of hydrogen-bond donors (Lipinski definition) is 1. The van der Waals surface area contributed by atoms with Crippen LogP contribution in [0.3, 0.4) is 0 Å². The summed E-state index contributed by atoms with van der Waals surface area (Å²) in [7, 11) is 0. The van der Waals surface area contributed by atoms with Gasteiger partial charge in [0.2, 0.25) is 11.8 Å². The van der Waals surface area contributed by atoms with Crippen molar-refractivity contribution in [3.05, 3.63) is 107 Å². The van der Waals surface area contributed by atoms with E-state index in [1.807, 2.05) is 78.9 Å². The van der Waals surface area contributed by atoms with Crippen molar-refractivity contribution in [3.8, 4) is 0 Å². The summed E-state index contributed by atoms with van der Waals surface area (Å²) < 4.78 is 10.5. The average Bonchev–Trinajstić information content (AvgIpc) is 3.54. The summed E-state index contributed by atoms with van der Waals surface area (Å²) in [6.07, 6.45) is 7.34. The third-order valence-corrected chi connectivity index (χ3v) is 7.55. The fourth-order valence-electron chi connectivity index (χ4n) is 5.43. The molecule has 3 aromatic rings. The number of nitrogens with one attached hydrogen (secondary N) is 1. The van der Waals surface area contributed by atoms with E-state index in [2.05, 4.69) is 10.4 Å². The second-order valence-electron chi connectivity index (χ2n) is 10.5. The van der Waals surface area contributed by atoms with Crippen molar-refractivity contribution >= 4 is 35.4 Å². The van der Waals surface area contributed by atoms with E-state index in [4.69, 9.17) is 9.47 Å². The van der Waals surface area contributed by atoms with Crippen LogP contribution in [0.15, 0.2) is 90.0 Å². The van der Waals surface area contributed by atoms with Crippen LogP contribution in [0.4, 0.5) is 5.69 Å². The molecule has 8 nitrogen and oxygen atoms in total. The lowest BCUT2D eigenvalue weighted by atomic mass is 9.83. The fourth-order valence-corrected chi connectivity index (χ4v) is 5.43. The molecule has 0 aromatic heterocycles. The molecule has 1 fully saturated rings. The van der Waals surface area contributed by atoms with Crippen molar-refractivity contribution in [2.45, 2.75) is 45.1 Å². The van der Waals surface area contributed by atoms with E-state index >= 15 is 0 Å². The number of hydrazone groups is 1. The molecular formula is C34H35N3O5. The first kappa shape index (κ1) is 28.8. The highest BCUT2D eigenvalue weighted by atomic mass is 16.5. The second-order valence-corrected chi connectivity index (χ2v) is 10.5. The third-order valence-electron chi connectivity index (χ3n) is 7.55. The Hall–Kier alpha value is -4.72. The first-order valence-electron chi connectivity index (χ1n) is 14.4. The maximum absolute atomic E-state index is 13.6. The van der Waals surface area contributed by atoms with Gasteiger partial charge in [-0.15, -0.1) is 5.10 Å². The highest BCUT2D eigenvalue weighted by molar-refractivity contribution is 5.98. The Labute approximate surface area is 246 Å². The van der Waals surface area contributed by atoms with E-state index in [9.17, 15) is 14.4 Å². The summed E-state index contributed by atoms with van der Waals surface area (Å²) in [4.78, 5) is 37.7. The minimum Gasteiger partial charge on any atom is -0.466 e. The van der Waals surface area contributed by atoms with Crippen LogP contribution in [0.2, 0.25) is 0 Å². The number of carbonyl (C=O) groups excluding carboxylic acids is 3. The van der Waals surface area contributed by atoms with Crippen molar-refractivity contribution in [2.75, 3.05) is 18.5 Å². The molecule has 2 amide bonds. The summed E-state index contributed by atoms with van der Waals surface area (Å²) in [5.74, 6) is -0.220. The molecule has 8 heteroatoms. The Bertz CT molecular complexity index is 1440. The van der Waals surface area contributed by atoms with Crippen molar-refractivity contribution < 1.29 is 23.9 Å². The summed E-state index contributed by atoms with van der Waals surface area (Å²) in [5, 5.41) is 8.98. The van der Waals surface area contributed by atoms with Crippen LogP contribution in [0.25, 0.3) is 6.08 Å². The second kappa shape index (κ2) is 13.8. The summed E-state index contributed by atoms with van der Waals surface area (Å²) >= 11 is 0. The lowest BCUT2D eigenvalue weighted by Gasteiger charge is -2.25. The quantitative estimate of drug-likeness (QED) is 0.244. The van der Waals surface area contributed by atoms with Gasteiger partial charge in [-0.1, -0.05) is 67.4 Å². The summed E-state index contributed by atoms with van der Waals surface area (Å²) in [5.41, 5.74) is 4.23. The lowest BCUT2D eigenvalue weighted by Crippen LogP contribution is -2.36.